The summed E-state index contributed by atoms with van der Waals surface area (Å²) in [4.78, 5) is 10.4. The first-order valence-electron chi connectivity index (χ1n) is 5.71. The third-order valence-electron chi connectivity index (χ3n) is 3.13. The quantitative estimate of drug-likeness (QED) is 0.726. The Hall–Kier alpha value is -1.63. The first-order chi connectivity index (χ1) is 7.81. The molecule has 1 aromatic heterocycles. The van der Waals surface area contributed by atoms with Gasteiger partial charge in [0.15, 0.2) is 0 Å². The minimum Gasteiger partial charge on any atom is -0.331 e. The number of nitriles is 1. The van der Waals surface area contributed by atoms with Gasteiger partial charge in [-0.15, -0.1) is 0 Å². The number of hydrogen-bond acceptors (Lipinski definition) is 4. The first-order valence-corrected chi connectivity index (χ1v) is 5.71. The fourth-order valence-corrected chi connectivity index (χ4v) is 2.18. The summed E-state index contributed by atoms with van der Waals surface area (Å²) in [7, 11) is 1.83. The highest BCUT2D eigenvalue weighted by molar-refractivity contribution is 5.30. The van der Waals surface area contributed by atoms with E-state index in [4.69, 9.17) is 5.26 Å². The Kier molecular flexibility index (Phi) is 3.35. The van der Waals surface area contributed by atoms with Crippen LogP contribution < -0.4 is 4.90 Å². The minimum absolute atomic E-state index is 0.322. The normalized spacial score (nSPS) is 16.0. The summed E-state index contributed by atoms with van der Waals surface area (Å²) in [6, 6.07) is 2.08. The lowest BCUT2D eigenvalue weighted by atomic mass is 10.0. The van der Waals surface area contributed by atoms with E-state index in [0.717, 1.165) is 0 Å². The van der Waals surface area contributed by atoms with Gasteiger partial charge in [-0.2, -0.15) is 5.26 Å². The second kappa shape index (κ2) is 4.93. The number of nitrogens with zero attached hydrogens (tertiary/aromatic N) is 4. The molecule has 84 valence electrons. The van der Waals surface area contributed by atoms with Crippen LogP contribution in [0.15, 0.2) is 12.4 Å². The molecule has 1 aliphatic rings. The molecule has 1 fully saturated rings. The van der Waals surface area contributed by atoms with Crippen LogP contribution in [-0.2, 0) is 0 Å². The number of aromatic nitrogens is 2. The van der Waals surface area contributed by atoms with Crippen molar-refractivity contribution < 1.29 is 0 Å². The largest absolute Gasteiger partial charge is 0.331 e. The highest BCUT2D eigenvalue weighted by atomic mass is 15.2. The Labute approximate surface area is 95.9 Å². The smallest absolute Gasteiger partial charge is 0.225 e. The van der Waals surface area contributed by atoms with Crippen LogP contribution in [0, 0.1) is 11.3 Å². The molecule has 4 heteroatoms. The molecule has 0 aliphatic heterocycles. The molecule has 1 aromatic rings. The van der Waals surface area contributed by atoms with Gasteiger partial charge in [0.1, 0.15) is 6.54 Å². The maximum Gasteiger partial charge on any atom is 0.225 e. The van der Waals surface area contributed by atoms with Crippen LogP contribution in [0.1, 0.15) is 37.2 Å². The minimum atomic E-state index is 0.322. The van der Waals surface area contributed by atoms with Gasteiger partial charge in [-0.05, 0) is 24.3 Å². The second-order valence-electron chi connectivity index (χ2n) is 4.31. The fourth-order valence-electron chi connectivity index (χ4n) is 2.18. The van der Waals surface area contributed by atoms with Gasteiger partial charge < -0.3 is 4.90 Å². The van der Waals surface area contributed by atoms with Crippen LogP contribution in [0.2, 0.25) is 0 Å². The average Bonchev–Trinajstić information content (AvgIpc) is 2.83. The van der Waals surface area contributed by atoms with Crippen LogP contribution in [0.4, 0.5) is 5.95 Å². The van der Waals surface area contributed by atoms with Crippen LogP contribution in [-0.4, -0.2) is 23.6 Å². The van der Waals surface area contributed by atoms with Crippen molar-refractivity contribution in [3.63, 3.8) is 0 Å². The van der Waals surface area contributed by atoms with Crippen molar-refractivity contribution in [2.75, 3.05) is 18.5 Å². The maximum absolute atomic E-state index is 8.58. The summed E-state index contributed by atoms with van der Waals surface area (Å²) in [5.74, 6) is 1.28. The molecule has 0 aromatic carbocycles. The first kappa shape index (κ1) is 10.9. The summed E-state index contributed by atoms with van der Waals surface area (Å²) in [6.07, 6.45) is 8.98. The van der Waals surface area contributed by atoms with Crippen molar-refractivity contribution in [1.82, 2.24) is 9.97 Å². The molecular formula is C12H16N4. The zero-order chi connectivity index (χ0) is 11.4. The van der Waals surface area contributed by atoms with E-state index < -0.39 is 0 Å². The molecule has 2 rings (SSSR count). The van der Waals surface area contributed by atoms with E-state index in [1.165, 1.54) is 31.2 Å². The Morgan fingerprint density at radius 2 is 2.00 bits per heavy atom. The standard InChI is InChI=1S/C12H16N4/c1-16(7-6-13)12-14-8-11(9-15-12)10-4-2-3-5-10/h8-10H,2-5,7H2,1H3. The molecule has 0 unspecified atom stereocenters. The van der Waals surface area contributed by atoms with Crippen LogP contribution in [0.25, 0.3) is 0 Å². The monoisotopic (exact) mass is 216 g/mol. The van der Waals surface area contributed by atoms with Gasteiger partial charge in [-0.3, -0.25) is 0 Å². The van der Waals surface area contributed by atoms with E-state index in [1.54, 1.807) is 4.90 Å². The van der Waals surface area contributed by atoms with Gasteiger partial charge in [0.25, 0.3) is 0 Å². The van der Waals surface area contributed by atoms with Gasteiger partial charge in [-0.1, -0.05) is 12.8 Å². The third kappa shape index (κ3) is 2.30. The molecule has 0 radical (unpaired) electrons. The Morgan fingerprint density at radius 3 is 2.56 bits per heavy atom. The van der Waals surface area contributed by atoms with Gasteiger partial charge in [0.2, 0.25) is 5.95 Å². The Bertz CT molecular complexity index is 373. The van der Waals surface area contributed by atoms with Gasteiger partial charge >= 0.3 is 0 Å². The molecule has 0 N–H and O–H groups in total. The second-order valence-corrected chi connectivity index (χ2v) is 4.31. The number of rotatable bonds is 3. The fraction of sp³-hybridized carbons (Fsp3) is 0.583. The summed E-state index contributed by atoms with van der Waals surface area (Å²) >= 11 is 0. The van der Waals surface area contributed by atoms with E-state index in [1.807, 2.05) is 19.4 Å². The molecular weight excluding hydrogens is 200 g/mol. The highest BCUT2D eigenvalue weighted by Crippen LogP contribution is 2.33. The maximum atomic E-state index is 8.58. The van der Waals surface area contributed by atoms with Gasteiger partial charge in [0.05, 0.1) is 6.07 Å². The van der Waals surface area contributed by atoms with E-state index in [-0.39, 0.29) is 0 Å². The van der Waals surface area contributed by atoms with Crippen molar-refractivity contribution in [3.05, 3.63) is 18.0 Å². The predicted octanol–water partition coefficient (Wildman–Crippen LogP) is 2.09. The van der Waals surface area contributed by atoms with Crippen molar-refractivity contribution in [1.29, 1.82) is 5.26 Å². The third-order valence-corrected chi connectivity index (χ3v) is 3.13. The van der Waals surface area contributed by atoms with Gasteiger partial charge in [0, 0.05) is 19.4 Å². The van der Waals surface area contributed by atoms with Crippen LogP contribution in [0.5, 0.6) is 0 Å². The van der Waals surface area contributed by atoms with Crippen molar-refractivity contribution >= 4 is 5.95 Å². The van der Waals surface area contributed by atoms with E-state index in [9.17, 15) is 0 Å². The molecule has 1 aliphatic carbocycles. The SMILES string of the molecule is CN(CC#N)c1ncc(C2CCCC2)cn1. The lowest BCUT2D eigenvalue weighted by Gasteiger charge is -2.14. The average molecular weight is 216 g/mol. The number of anilines is 1. The van der Waals surface area contributed by atoms with Gasteiger partial charge in [-0.25, -0.2) is 9.97 Å². The molecule has 0 spiro atoms. The van der Waals surface area contributed by atoms with Crippen molar-refractivity contribution in [2.24, 2.45) is 0 Å². The van der Waals surface area contributed by atoms with Crippen molar-refractivity contribution in [3.8, 4) is 6.07 Å². The Balaban J connectivity index is 2.07. The lowest BCUT2D eigenvalue weighted by Crippen LogP contribution is -2.19. The zero-order valence-corrected chi connectivity index (χ0v) is 9.56. The summed E-state index contributed by atoms with van der Waals surface area (Å²) in [5.41, 5.74) is 1.24. The number of hydrogen-bond donors (Lipinski definition) is 0. The zero-order valence-electron chi connectivity index (χ0n) is 9.56. The Morgan fingerprint density at radius 1 is 1.38 bits per heavy atom. The molecule has 4 nitrogen and oxygen atoms in total. The predicted molar refractivity (Wildman–Crippen MR) is 62.1 cm³/mol. The van der Waals surface area contributed by atoms with Crippen molar-refractivity contribution in [2.45, 2.75) is 31.6 Å². The van der Waals surface area contributed by atoms with E-state index in [0.29, 0.717) is 18.4 Å². The summed E-state index contributed by atoms with van der Waals surface area (Å²) in [6.45, 7) is 0.322. The topological polar surface area (TPSA) is 52.8 Å². The van der Waals surface area contributed by atoms with E-state index in [2.05, 4.69) is 16.0 Å². The molecule has 1 saturated carbocycles. The summed E-state index contributed by atoms with van der Waals surface area (Å²) in [5, 5.41) is 8.58. The molecule has 16 heavy (non-hydrogen) atoms. The lowest BCUT2D eigenvalue weighted by molar-refractivity contribution is 0.712. The van der Waals surface area contributed by atoms with Crippen LogP contribution in [0.3, 0.4) is 0 Å². The molecule has 0 amide bonds. The van der Waals surface area contributed by atoms with Crippen LogP contribution >= 0.6 is 0 Å². The van der Waals surface area contributed by atoms with E-state index >= 15 is 0 Å². The highest BCUT2D eigenvalue weighted by Gasteiger charge is 2.17. The summed E-state index contributed by atoms with van der Waals surface area (Å²) < 4.78 is 0. The molecule has 0 atom stereocenters. The molecule has 0 saturated heterocycles. The molecule has 1 heterocycles. The molecule has 0 bridgehead atoms.